The Morgan fingerprint density at radius 2 is 1.89 bits per heavy atom. The minimum absolute atomic E-state index is 0.0562. The van der Waals surface area contributed by atoms with Crippen molar-refractivity contribution in [3.63, 3.8) is 0 Å². The van der Waals surface area contributed by atoms with Crippen LogP contribution in [0.1, 0.15) is 40.4 Å². The maximum Gasteiger partial charge on any atom is 0.253 e. The summed E-state index contributed by atoms with van der Waals surface area (Å²) in [6.07, 6.45) is 3.04. The lowest BCUT2D eigenvalue weighted by molar-refractivity contribution is -0.128. The molecule has 2 aliphatic rings. The third-order valence-electron chi connectivity index (χ3n) is 5.62. The highest BCUT2D eigenvalue weighted by Gasteiger charge is 2.47. The SMILES string of the molecule is CC(=O)N1C[C@H]2[C@@H](C1)c1ccccc1[C@@H]2NC(=O)CNC(=O)c1cccnc1. The Morgan fingerprint density at radius 3 is 2.61 bits per heavy atom. The number of nitrogens with zero attached hydrogens (tertiary/aromatic N) is 2. The fourth-order valence-electron chi connectivity index (χ4n) is 4.28. The van der Waals surface area contributed by atoms with Crippen LogP contribution in [0.4, 0.5) is 0 Å². The molecule has 3 atom stereocenters. The van der Waals surface area contributed by atoms with Crippen LogP contribution in [0.5, 0.6) is 0 Å². The Bertz CT molecular complexity index is 915. The van der Waals surface area contributed by atoms with E-state index < -0.39 is 0 Å². The molecule has 1 saturated heterocycles. The van der Waals surface area contributed by atoms with Gasteiger partial charge in [-0.3, -0.25) is 19.4 Å². The van der Waals surface area contributed by atoms with Crippen LogP contribution in [0.2, 0.25) is 0 Å². The van der Waals surface area contributed by atoms with Gasteiger partial charge in [0.1, 0.15) is 0 Å². The van der Waals surface area contributed by atoms with E-state index in [1.807, 2.05) is 23.1 Å². The van der Waals surface area contributed by atoms with Crippen LogP contribution in [0.3, 0.4) is 0 Å². The summed E-state index contributed by atoms with van der Waals surface area (Å²) < 4.78 is 0. The molecule has 2 N–H and O–H groups in total. The highest BCUT2D eigenvalue weighted by Crippen LogP contribution is 2.49. The van der Waals surface area contributed by atoms with Crippen molar-refractivity contribution in [2.45, 2.75) is 18.9 Å². The number of rotatable bonds is 4. The van der Waals surface area contributed by atoms with Gasteiger partial charge in [-0.05, 0) is 23.3 Å². The molecule has 0 spiro atoms. The van der Waals surface area contributed by atoms with Crippen molar-refractivity contribution in [1.82, 2.24) is 20.5 Å². The summed E-state index contributed by atoms with van der Waals surface area (Å²) in [5, 5.41) is 5.69. The first-order valence-electron chi connectivity index (χ1n) is 9.36. The zero-order chi connectivity index (χ0) is 19.7. The molecule has 144 valence electrons. The normalized spacial score (nSPS) is 22.3. The highest BCUT2D eigenvalue weighted by molar-refractivity contribution is 5.96. The van der Waals surface area contributed by atoms with E-state index >= 15 is 0 Å². The molecule has 1 aliphatic carbocycles. The van der Waals surface area contributed by atoms with Crippen LogP contribution in [0.25, 0.3) is 0 Å². The zero-order valence-corrected chi connectivity index (χ0v) is 15.6. The average Bonchev–Trinajstić information content (AvgIpc) is 3.26. The predicted octanol–water partition coefficient (Wildman–Crippen LogP) is 1.24. The van der Waals surface area contributed by atoms with Gasteiger partial charge in [-0.15, -0.1) is 0 Å². The Morgan fingerprint density at radius 1 is 1.11 bits per heavy atom. The molecular weight excluding hydrogens is 356 g/mol. The molecule has 1 fully saturated rings. The average molecular weight is 378 g/mol. The van der Waals surface area contributed by atoms with Crippen molar-refractivity contribution >= 4 is 17.7 Å². The number of carbonyl (C=O) groups is 3. The smallest absolute Gasteiger partial charge is 0.253 e. The van der Waals surface area contributed by atoms with Crippen molar-refractivity contribution in [3.8, 4) is 0 Å². The number of pyridine rings is 1. The fourth-order valence-corrected chi connectivity index (χ4v) is 4.28. The third-order valence-corrected chi connectivity index (χ3v) is 5.62. The second-order valence-corrected chi connectivity index (χ2v) is 7.29. The molecule has 0 radical (unpaired) electrons. The maximum atomic E-state index is 12.5. The van der Waals surface area contributed by atoms with Crippen molar-refractivity contribution in [2.24, 2.45) is 5.92 Å². The second-order valence-electron chi connectivity index (χ2n) is 7.29. The number of fused-ring (bicyclic) bond motifs is 3. The zero-order valence-electron chi connectivity index (χ0n) is 15.6. The van der Waals surface area contributed by atoms with E-state index in [4.69, 9.17) is 0 Å². The summed E-state index contributed by atoms with van der Waals surface area (Å²) >= 11 is 0. The standard InChI is InChI=1S/C21H22N4O3/c1-13(26)25-11-17-15-6-2-3-7-16(15)20(18(17)12-25)24-19(27)10-23-21(28)14-5-4-8-22-9-14/h2-9,17-18,20H,10-12H2,1H3,(H,23,28)(H,24,27)/t17-,18-,20-/m0/s1. The van der Waals surface area contributed by atoms with Gasteiger partial charge in [-0.25, -0.2) is 0 Å². The molecule has 0 unspecified atom stereocenters. The summed E-state index contributed by atoms with van der Waals surface area (Å²) in [7, 11) is 0. The van der Waals surface area contributed by atoms with Crippen LogP contribution >= 0.6 is 0 Å². The first-order chi connectivity index (χ1) is 13.5. The molecule has 7 heteroatoms. The number of benzene rings is 1. The largest absolute Gasteiger partial charge is 0.347 e. The van der Waals surface area contributed by atoms with Crippen molar-refractivity contribution in [1.29, 1.82) is 0 Å². The first kappa shape index (κ1) is 18.2. The molecule has 1 aliphatic heterocycles. The number of hydrogen-bond donors (Lipinski definition) is 2. The molecule has 28 heavy (non-hydrogen) atoms. The summed E-state index contributed by atoms with van der Waals surface area (Å²) in [5.74, 6) is -0.147. The Balaban J connectivity index is 1.44. The number of aromatic nitrogens is 1. The van der Waals surface area contributed by atoms with Crippen LogP contribution < -0.4 is 10.6 Å². The van der Waals surface area contributed by atoms with Gasteiger partial charge in [0, 0.05) is 44.2 Å². The molecule has 2 aromatic rings. The number of nitrogens with one attached hydrogen (secondary N) is 2. The predicted molar refractivity (Wildman–Crippen MR) is 102 cm³/mol. The summed E-state index contributed by atoms with van der Waals surface area (Å²) in [5.41, 5.74) is 2.71. The number of amides is 3. The minimum atomic E-state index is -0.337. The third kappa shape index (κ3) is 3.35. The molecule has 3 amide bonds. The van der Waals surface area contributed by atoms with E-state index in [-0.39, 0.29) is 42.1 Å². The summed E-state index contributed by atoms with van der Waals surface area (Å²) in [4.78, 5) is 42.2. The fraction of sp³-hybridized carbons (Fsp3) is 0.333. The van der Waals surface area contributed by atoms with E-state index in [1.54, 1.807) is 25.3 Å². The van der Waals surface area contributed by atoms with Gasteiger partial charge in [0.25, 0.3) is 5.91 Å². The van der Waals surface area contributed by atoms with Gasteiger partial charge in [0.05, 0.1) is 18.2 Å². The molecule has 0 saturated carbocycles. The van der Waals surface area contributed by atoms with Crippen LogP contribution in [0.15, 0.2) is 48.8 Å². The monoisotopic (exact) mass is 378 g/mol. The topological polar surface area (TPSA) is 91.4 Å². The summed E-state index contributed by atoms with van der Waals surface area (Å²) in [6.45, 7) is 2.78. The quantitative estimate of drug-likeness (QED) is 0.838. The molecular formula is C21H22N4O3. The second kappa shape index (κ2) is 7.42. The van der Waals surface area contributed by atoms with E-state index in [0.29, 0.717) is 18.7 Å². The van der Waals surface area contributed by atoms with Gasteiger partial charge in [0.15, 0.2) is 0 Å². The molecule has 1 aromatic carbocycles. The number of carbonyl (C=O) groups excluding carboxylic acids is 3. The van der Waals surface area contributed by atoms with Crippen LogP contribution in [0, 0.1) is 5.92 Å². The van der Waals surface area contributed by atoms with Gasteiger partial charge < -0.3 is 15.5 Å². The van der Waals surface area contributed by atoms with Crippen molar-refractivity contribution in [2.75, 3.05) is 19.6 Å². The van der Waals surface area contributed by atoms with Crippen molar-refractivity contribution < 1.29 is 14.4 Å². The van der Waals surface area contributed by atoms with E-state index in [2.05, 4.69) is 21.7 Å². The van der Waals surface area contributed by atoms with E-state index in [9.17, 15) is 14.4 Å². The lowest BCUT2D eigenvalue weighted by atomic mass is 9.94. The molecule has 2 heterocycles. The number of hydrogen-bond acceptors (Lipinski definition) is 4. The summed E-state index contributed by atoms with van der Waals surface area (Å²) in [6, 6.07) is 11.2. The number of likely N-dealkylation sites (tertiary alicyclic amines) is 1. The van der Waals surface area contributed by atoms with Crippen LogP contribution in [-0.4, -0.2) is 47.2 Å². The maximum absolute atomic E-state index is 12.5. The van der Waals surface area contributed by atoms with Gasteiger partial charge in [-0.2, -0.15) is 0 Å². The molecule has 4 rings (SSSR count). The Hall–Kier alpha value is -3.22. The molecule has 7 nitrogen and oxygen atoms in total. The Labute approximate surface area is 163 Å². The van der Waals surface area contributed by atoms with Gasteiger partial charge in [-0.1, -0.05) is 24.3 Å². The van der Waals surface area contributed by atoms with Crippen LogP contribution in [-0.2, 0) is 9.59 Å². The highest BCUT2D eigenvalue weighted by atomic mass is 16.2. The van der Waals surface area contributed by atoms with Gasteiger partial charge >= 0.3 is 0 Å². The lowest BCUT2D eigenvalue weighted by Crippen LogP contribution is -2.40. The first-order valence-corrected chi connectivity index (χ1v) is 9.36. The minimum Gasteiger partial charge on any atom is -0.347 e. The van der Waals surface area contributed by atoms with Gasteiger partial charge in [0.2, 0.25) is 11.8 Å². The van der Waals surface area contributed by atoms with E-state index in [1.165, 1.54) is 11.8 Å². The van der Waals surface area contributed by atoms with E-state index in [0.717, 1.165) is 5.56 Å². The molecule has 1 aromatic heterocycles. The molecule has 0 bridgehead atoms. The Kier molecular flexibility index (Phi) is 4.81. The lowest BCUT2D eigenvalue weighted by Gasteiger charge is -2.22. The van der Waals surface area contributed by atoms with Crippen molar-refractivity contribution in [3.05, 3.63) is 65.5 Å².